The van der Waals surface area contributed by atoms with E-state index in [1.807, 2.05) is 0 Å². The third-order valence-electron chi connectivity index (χ3n) is 3.23. The van der Waals surface area contributed by atoms with Crippen LogP contribution in [0.1, 0.15) is 32.1 Å². The quantitative estimate of drug-likeness (QED) is 0.831. The van der Waals surface area contributed by atoms with Gasteiger partial charge in [0.25, 0.3) is 0 Å². The van der Waals surface area contributed by atoms with Gasteiger partial charge in [-0.3, -0.25) is 9.59 Å². The number of carboxylic acid groups (broad SMARTS) is 1. The summed E-state index contributed by atoms with van der Waals surface area (Å²) in [5, 5.41) is 15.3. The molecule has 0 unspecified atom stereocenters. The molecule has 92 valence electrons. The normalized spacial score (nSPS) is 17.9. The Hall–Kier alpha value is -1.85. The van der Waals surface area contributed by atoms with Crippen LogP contribution in [0.4, 0.5) is 5.69 Å². The molecular formula is C11H14N2O4. The highest BCUT2D eigenvalue weighted by atomic mass is 16.5. The van der Waals surface area contributed by atoms with E-state index in [1.165, 1.54) is 12.5 Å². The maximum absolute atomic E-state index is 11.7. The summed E-state index contributed by atoms with van der Waals surface area (Å²) >= 11 is 0. The summed E-state index contributed by atoms with van der Waals surface area (Å²) in [7, 11) is 0. The van der Waals surface area contributed by atoms with E-state index in [4.69, 9.17) is 0 Å². The van der Waals surface area contributed by atoms with Crippen molar-refractivity contribution in [1.29, 1.82) is 0 Å². The number of aliphatic carboxylic acids is 1. The number of aromatic nitrogens is 1. The molecular weight excluding hydrogens is 224 g/mol. The van der Waals surface area contributed by atoms with E-state index in [1.54, 1.807) is 0 Å². The molecule has 0 spiro atoms. The molecule has 0 aliphatic heterocycles. The summed E-state index contributed by atoms with van der Waals surface area (Å²) in [6.45, 7) is 0. The Bertz CT molecular complexity index is 407. The van der Waals surface area contributed by atoms with E-state index < -0.39 is 11.4 Å². The molecule has 0 saturated heterocycles. The van der Waals surface area contributed by atoms with Crippen molar-refractivity contribution in [1.82, 2.24) is 5.16 Å². The van der Waals surface area contributed by atoms with Crippen molar-refractivity contribution < 1.29 is 19.2 Å². The molecule has 0 radical (unpaired) electrons. The Morgan fingerprint density at radius 1 is 1.47 bits per heavy atom. The fourth-order valence-corrected chi connectivity index (χ4v) is 2.30. The van der Waals surface area contributed by atoms with Gasteiger partial charge in [0.05, 0.1) is 11.6 Å². The van der Waals surface area contributed by atoms with Crippen molar-refractivity contribution in [3.8, 4) is 0 Å². The van der Waals surface area contributed by atoms with E-state index in [0.29, 0.717) is 18.5 Å². The van der Waals surface area contributed by atoms with Gasteiger partial charge in [-0.15, -0.1) is 0 Å². The molecule has 1 aliphatic carbocycles. The molecule has 2 rings (SSSR count). The highest BCUT2D eigenvalue weighted by Crippen LogP contribution is 2.41. The molecule has 0 aromatic carbocycles. The molecule has 1 fully saturated rings. The number of rotatable bonds is 4. The molecule has 1 amide bonds. The largest absolute Gasteiger partial charge is 0.481 e. The van der Waals surface area contributed by atoms with Crippen LogP contribution in [0, 0.1) is 5.41 Å². The van der Waals surface area contributed by atoms with Crippen LogP contribution in [-0.4, -0.2) is 22.1 Å². The molecule has 6 heteroatoms. The summed E-state index contributed by atoms with van der Waals surface area (Å²) in [5.74, 6) is -1.19. The van der Waals surface area contributed by atoms with Crippen LogP contribution in [0.15, 0.2) is 17.0 Å². The third kappa shape index (κ3) is 2.46. The van der Waals surface area contributed by atoms with Gasteiger partial charge in [-0.05, 0) is 12.8 Å². The third-order valence-corrected chi connectivity index (χ3v) is 3.23. The maximum atomic E-state index is 11.7. The lowest BCUT2D eigenvalue weighted by Crippen LogP contribution is -2.32. The van der Waals surface area contributed by atoms with Crippen molar-refractivity contribution in [3.05, 3.63) is 12.5 Å². The smallest absolute Gasteiger partial charge is 0.310 e. The molecule has 6 nitrogen and oxygen atoms in total. The fraction of sp³-hybridized carbons (Fsp3) is 0.545. The van der Waals surface area contributed by atoms with Crippen LogP contribution >= 0.6 is 0 Å². The van der Waals surface area contributed by atoms with Crippen molar-refractivity contribution >= 4 is 17.6 Å². The minimum Gasteiger partial charge on any atom is -0.481 e. The number of hydrogen-bond acceptors (Lipinski definition) is 4. The summed E-state index contributed by atoms with van der Waals surface area (Å²) in [6, 6.07) is 0. The summed E-state index contributed by atoms with van der Waals surface area (Å²) < 4.78 is 4.58. The van der Waals surface area contributed by atoms with E-state index in [9.17, 15) is 14.7 Å². The summed E-state index contributed by atoms with van der Waals surface area (Å²) in [6.07, 6.45) is 5.56. The number of carbonyl (C=O) groups excluding carboxylic acids is 1. The number of hydrogen-bond donors (Lipinski definition) is 2. The second kappa shape index (κ2) is 4.57. The minimum absolute atomic E-state index is 0.00745. The topological polar surface area (TPSA) is 92.4 Å². The van der Waals surface area contributed by atoms with Gasteiger partial charge in [0.1, 0.15) is 12.0 Å². The van der Waals surface area contributed by atoms with Crippen molar-refractivity contribution in [3.63, 3.8) is 0 Å². The average molecular weight is 238 g/mol. The van der Waals surface area contributed by atoms with Crippen LogP contribution in [0.5, 0.6) is 0 Å². The van der Waals surface area contributed by atoms with Gasteiger partial charge in [-0.2, -0.15) is 0 Å². The molecule has 0 atom stereocenters. The lowest BCUT2D eigenvalue weighted by molar-refractivity contribution is -0.150. The summed E-state index contributed by atoms with van der Waals surface area (Å²) in [5.41, 5.74) is -0.435. The number of amides is 1. The molecule has 2 N–H and O–H groups in total. The van der Waals surface area contributed by atoms with Gasteiger partial charge in [0.2, 0.25) is 5.91 Å². The number of anilines is 1. The number of nitrogens with zero attached hydrogens (tertiary/aromatic N) is 1. The Labute approximate surface area is 98.0 Å². The number of carbonyl (C=O) groups is 2. The highest BCUT2D eigenvalue weighted by molar-refractivity contribution is 5.94. The molecule has 1 aliphatic rings. The number of nitrogens with one attached hydrogen (secondary N) is 1. The zero-order valence-electron chi connectivity index (χ0n) is 9.31. The van der Waals surface area contributed by atoms with Gasteiger partial charge >= 0.3 is 5.97 Å². The van der Waals surface area contributed by atoms with Crippen molar-refractivity contribution in [2.45, 2.75) is 32.1 Å². The highest BCUT2D eigenvalue weighted by Gasteiger charge is 2.42. The summed E-state index contributed by atoms with van der Waals surface area (Å²) in [4.78, 5) is 23.0. The zero-order valence-corrected chi connectivity index (χ0v) is 9.31. The fourth-order valence-electron chi connectivity index (χ4n) is 2.30. The van der Waals surface area contributed by atoms with Gasteiger partial charge in [0, 0.05) is 6.42 Å². The van der Waals surface area contributed by atoms with Gasteiger partial charge in [-0.1, -0.05) is 18.0 Å². The lowest BCUT2D eigenvalue weighted by atomic mass is 9.82. The lowest BCUT2D eigenvalue weighted by Gasteiger charge is -2.22. The number of carboxylic acids is 1. The van der Waals surface area contributed by atoms with Crippen LogP contribution in [0.25, 0.3) is 0 Å². The Kier molecular flexibility index (Phi) is 3.12. The molecule has 1 saturated carbocycles. The van der Waals surface area contributed by atoms with Crippen molar-refractivity contribution in [2.24, 2.45) is 5.41 Å². The van der Waals surface area contributed by atoms with Crippen LogP contribution in [0.2, 0.25) is 0 Å². The van der Waals surface area contributed by atoms with Crippen LogP contribution in [-0.2, 0) is 9.59 Å². The maximum Gasteiger partial charge on any atom is 0.310 e. The Morgan fingerprint density at radius 3 is 2.71 bits per heavy atom. The van der Waals surface area contributed by atoms with Gasteiger partial charge in [0.15, 0.2) is 0 Å². The molecule has 17 heavy (non-hydrogen) atoms. The minimum atomic E-state index is -0.888. The first-order valence-electron chi connectivity index (χ1n) is 5.55. The molecule has 0 bridgehead atoms. The molecule has 1 heterocycles. The second-order valence-corrected chi connectivity index (χ2v) is 4.43. The first kappa shape index (κ1) is 11.6. The van der Waals surface area contributed by atoms with Crippen LogP contribution < -0.4 is 5.32 Å². The van der Waals surface area contributed by atoms with Gasteiger partial charge in [-0.25, -0.2) is 0 Å². The molecule has 1 aromatic heterocycles. The Balaban J connectivity index is 1.99. The predicted octanol–water partition coefficient (Wildman–Crippen LogP) is 1.65. The average Bonchev–Trinajstić information content (AvgIpc) is 2.89. The van der Waals surface area contributed by atoms with E-state index in [2.05, 4.69) is 15.0 Å². The van der Waals surface area contributed by atoms with Gasteiger partial charge < -0.3 is 14.9 Å². The van der Waals surface area contributed by atoms with E-state index in [-0.39, 0.29) is 12.3 Å². The molecule has 1 aromatic rings. The predicted molar refractivity (Wildman–Crippen MR) is 58.3 cm³/mol. The van der Waals surface area contributed by atoms with Crippen LogP contribution in [0.3, 0.4) is 0 Å². The monoisotopic (exact) mass is 238 g/mol. The SMILES string of the molecule is O=C(CC1(C(=O)O)CCCC1)Nc1cnoc1. The van der Waals surface area contributed by atoms with E-state index >= 15 is 0 Å². The van der Waals surface area contributed by atoms with E-state index in [0.717, 1.165) is 12.8 Å². The standard InChI is InChI=1S/C11H14N2O4/c14-9(13-8-6-12-17-7-8)5-11(10(15)16)3-1-2-4-11/h6-7H,1-5H2,(H,13,14)(H,15,16). The first-order chi connectivity index (χ1) is 8.12. The zero-order chi connectivity index (χ0) is 12.3. The second-order valence-electron chi connectivity index (χ2n) is 4.43. The van der Waals surface area contributed by atoms with Crippen molar-refractivity contribution in [2.75, 3.05) is 5.32 Å². The first-order valence-corrected chi connectivity index (χ1v) is 5.55. The Morgan fingerprint density at radius 2 is 2.18 bits per heavy atom.